The Balaban J connectivity index is 1.64. The molecule has 1 N–H and O–H groups in total. The lowest BCUT2D eigenvalue weighted by Gasteiger charge is -2.20. The maximum absolute atomic E-state index is 13.4. The van der Waals surface area contributed by atoms with E-state index in [1.165, 1.54) is 0 Å². The summed E-state index contributed by atoms with van der Waals surface area (Å²) in [6.45, 7) is 5.92. The van der Waals surface area contributed by atoms with Gasteiger partial charge in [-0.1, -0.05) is 54.6 Å². The number of aromatic nitrogens is 2. The van der Waals surface area contributed by atoms with Crippen molar-refractivity contribution in [3.8, 4) is 22.5 Å². The third-order valence-corrected chi connectivity index (χ3v) is 6.09. The molecule has 0 aliphatic rings. The van der Waals surface area contributed by atoms with Crippen LogP contribution >= 0.6 is 0 Å². The van der Waals surface area contributed by atoms with E-state index < -0.39 is 0 Å². The molecule has 5 rings (SSSR count). The Morgan fingerprint density at radius 2 is 1.65 bits per heavy atom. The van der Waals surface area contributed by atoms with Gasteiger partial charge in [0.15, 0.2) is 5.43 Å². The molecule has 0 unspecified atom stereocenters. The SMILES string of the molecule is Cc1cc([C@@H](C)Nc2ccccc2-c2ccnnc2)c2oc(-c3ccccc3)c(C)c(=O)c2c1. The van der Waals surface area contributed by atoms with Gasteiger partial charge in [-0.3, -0.25) is 4.79 Å². The summed E-state index contributed by atoms with van der Waals surface area (Å²) in [6, 6.07) is 23.7. The van der Waals surface area contributed by atoms with Gasteiger partial charge in [-0.25, -0.2) is 0 Å². The first-order valence-electron chi connectivity index (χ1n) is 11.3. The summed E-state index contributed by atoms with van der Waals surface area (Å²) >= 11 is 0. The highest BCUT2D eigenvalue weighted by Gasteiger charge is 2.19. The summed E-state index contributed by atoms with van der Waals surface area (Å²) in [5, 5.41) is 12.1. The van der Waals surface area contributed by atoms with Gasteiger partial charge in [0.05, 0.1) is 23.8 Å². The Kier molecular flexibility index (Phi) is 5.68. The number of rotatable bonds is 5. The summed E-state index contributed by atoms with van der Waals surface area (Å²) in [6.07, 6.45) is 3.44. The van der Waals surface area contributed by atoms with Crippen molar-refractivity contribution in [2.24, 2.45) is 0 Å². The molecule has 0 spiro atoms. The van der Waals surface area contributed by atoms with Crippen molar-refractivity contribution in [3.63, 3.8) is 0 Å². The molecule has 0 saturated carbocycles. The van der Waals surface area contributed by atoms with Gasteiger partial charge >= 0.3 is 0 Å². The molecule has 5 aromatic rings. The number of nitrogens with one attached hydrogen (secondary N) is 1. The third kappa shape index (κ3) is 3.97. The molecule has 2 heterocycles. The van der Waals surface area contributed by atoms with E-state index in [0.717, 1.165) is 33.5 Å². The Morgan fingerprint density at radius 3 is 2.41 bits per heavy atom. The van der Waals surface area contributed by atoms with E-state index in [9.17, 15) is 4.79 Å². The molecule has 0 radical (unpaired) electrons. The number of anilines is 1. The van der Waals surface area contributed by atoms with Gasteiger partial charge in [0.2, 0.25) is 0 Å². The number of hydrogen-bond donors (Lipinski definition) is 1. The summed E-state index contributed by atoms with van der Waals surface area (Å²) in [7, 11) is 0. The highest BCUT2D eigenvalue weighted by Crippen LogP contribution is 2.34. The van der Waals surface area contributed by atoms with E-state index in [-0.39, 0.29) is 11.5 Å². The van der Waals surface area contributed by atoms with Crippen LogP contribution < -0.4 is 10.7 Å². The van der Waals surface area contributed by atoms with Crippen LogP contribution in [-0.4, -0.2) is 10.2 Å². The number of hydrogen-bond acceptors (Lipinski definition) is 5. The highest BCUT2D eigenvalue weighted by atomic mass is 16.3. The normalized spacial score (nSPS) is 12.0. The van der Waals surface area contributed by atoms with Gasteiger partial charge in [-0.2, -0.15) is 10.2 Å². The van der Waals surface area contributed by atoms with Crippen molar-refractivity contribution in [3.05, 3.63) is 112 Å². The van der Waals surface area contributed by atoms with Crippen LogP contribution in [0.4, 0.5) is 5.69 Å². The number of fused-ring (bicyclic) bond motifs is 1. The van der Waals surface area contributed by atoms with Crippen molar-refractivity contribution in [1.29, 1.82) is 0 Å². The van der Waals surface area contributed by atoms with Crippen molar-refractivity contribution in [1.82, 2.24) is 10.2 Å². The van der Waals surface area contributed by atoms with Crippen LogP contribution in [0, 0.1) is 13.8 Å². The number of nitrogens with zero attached hydrogens (tertiary/aromatic N) is 2. The standard InChI is InChI=1S/C29H25N3O2/c1-18-15-24(20(3)32-26-12-8-7-11-23(26)22-13-14-30-31-17-22)29-25(16-18)27(33)19(2)28(34-29)21-9-5-4-6-10-21/h4-17,20,32H,1-3H3/t20-/m1/s1. The molecule has 5 heteroatoms. The van der Waals surface area contributed by atoms with E-state index in [2.05, 4.69) is 34.6 Å². The molecule has 1 atom stereocenters. The second-order valence-corrected chi connectivity index (χ2v) is 8.52. The maximum Gasteiger partial charge on any atom is 0.196 e. The van der Waals surface area contributed by atoms with Gasteiger partial charge in [0.1, 0.15) is 11.3 Å². The van der Waals surface area contributed by atoms with Gasteiger partial charge in [-0.15, -0.1) is 0 Å². The smallest absolute Gasteiger partial charge is 0.196 e. The zero-order valence-corrected chi connectivity index (χ0v) is 19.4. The zero-order valence-electron chi connectivity index (χ0n) is 19.4. The molecule has 2 aromatic heterocycles. The van der Waals surface area contributed by atoms with Crippen LogP contribution in [0.25, 0.3) is 33.4 Å². The molecular formula is C29H25N3O2. The monoisotopic (exact) mass is 447 g/mol. The van der Waals surface area contributed by atoms with E-state index >= 15 is 0 Å². The lowest BCUT2D eigenvalue weighted by Crippen LogP contribution is -2.12. The average Bonchev–Trinajstić information content (AvgIpc) is 2.87. The first-order valence-corrected chi connectivity index (χ1v) is 11.3. The van der Waals surface area contributed by atoms with Crippen molar-refractivity contribution >= 4 is 16.7 Å². The van der Waals surface area contributed by atoms with Crippen LogP contribution in [-0.2, 0) is 0 Å². The first kappa shape index (κ1) is 21.6. The molecule has 34 heavy (non-hydrogen) atoms. The Labute approximate surface area is 198 Å². The topological polar surface area (TPSA) is 68.0 Å². The second-order valence-electron chi connectivity index (χ2n) is 8.52. The van der Waals surface area contributed by atoms with Crippen LogP contribution in [0.1, 0.15) is 29.7 Å². The second kappa shape index (κ2) is 8.94. The Morgan fingerprint density at radius 1 is 0.882 bits per heavy atom. The molecule has 0 saturated heterocycles. The number of para-hydroxylation sites is 1. The van der Waals surface area contributed by atoms with Gasteiger partial charge < -0.3 is 9.73 Å². The largest absolute Gasteiger partial charge is 0.455 e. The summed E-state index contributed by atoms with van der Waals surface area (Å²) in [5.41, 5.74) is 7.05. The minimum absolute atomic E-state index is 0.000475. The van der Waals surface area contributed by atoms with Crippen LogP contribution in [0.5, 0.6) is 0 Å². The lowest BCUT2D eigenvalue weighted by molar-refractivity contribution is 0.605. The third-order valence-electron chi connectivity index (χ3n) is 6.09. The maximum atomic E-state index is 13.4. The van der Waals surface area contributed by atoms with Gasteiger partial charge in [-0.05, 0) is 44.5 Å². The van der Waals surface area contributed by atoms with E-state index in [0.29, 0.717) is 22.3 Å². The highest BCUT2D eigenvalue weighted by molar-refractivity contribution is 5.85. The van der Waals surface area contributed by atoms with Gasteiger partial charge in [0, 0.05) is 33.5 Å². The van der Waals surface area contributed by atoms with Crippen molar-refractivity contribution < 1.29 is 4.42 Å². The predicted octanol–water partition coefficient (Wildman–Crippen LogP) is 6.71. The molecular weight excluding hydrogens is 422 g/mol. The fourth-order valence-corrected chi connectivity index (χ4v) is 4.38. The molecule has 168 valence electrons. The average molecular weight is 448 g/mol. The quantitative estimate of drug-likeness (QED) is 0.324. The summed E-state index contributed by atoms with van der Waals surface area (Å²) < 4.78 is 6.46. The number of aryl methyl sites for hydroxylation is 1. The number of benzene rings is 3. The summed E-state index contributed by atoms with van der Waals surface area (Å²) in [5.74, 6) is 0.610. The molecule has 0 fully saturated rings. The van der Waals surface area contributed by atoms with Gasteiger partial charge in [0.25, 0.3) is 0 Å². The predicted molar refractivity (Wildman–Crippen MR) is 137 cm³/mol. The van der Waals surface area contributed by atoms with Crippen LogP contribution in [0.2, 0.25) is 0 Å². The Bertz CT molecular complexity index is 1530. The van der Waals surface area contributed by atoms with E-state index in [1.807, 2.05) is 74.5 Å². The minimum Gasteiger partial charge on any atom is -0.455 e. The van der Waals surface area contributed by atoms with Crippen LogP contribution in [0.15, 0.2) is 94.4 Å². The van der Waals surface area contributed by atoms with Crippen molar-refractivity contribution in [2.45, 2.75) is 26.8 Å². The fourth-order valence-electron chi connectivity index (χ4n) is 4.38. The molecule has 0 aliphatic carbocycles. The molecule has 0 amide bonds. The van der Waals surface area contributed by atoms with E-state index in [1.54, 1.807) is 12.4 Å². The molecule has 3 aromatic carbocycles. The Hall–Kier alpha value is -4.25. The zero-order chi connectivity index (χ0) is 23.7. The first-order chi connectivity index (χ1) is 16.5. The summed E-state index contributed by atoms with van der Waals surface area (Å²) in [4.78, 5) is 13.4. The molecule has 5 nitrogen and oxygen atoms in total. The lowest BCUT2D eigenvalue weighted by atomic mass is 9.98. The molecule has 0 bridgehead atoms. The fraction of sp³-hybridized carbons (Fsp3) is 0.138. The van der Waals surface area contributed by atoms with Crippen molar-refractivity contribution in [2.75, 3.05) is 5.32 Å². The minimum atomic E-state index is -0.118. The molecule has 0 aliphatic heterocycles. The van der Waals surface area contributed by atoms with E-state index in [4.69, 9.17) is 4.42 Å². The van der Waals surface area contributed by atoms with Crippen LogP contribution in [0.3, 0.4) is 0 Å².